The molecule has 20 heavy (non-hydrogen) atoms. The number of amides is 1. The second-order valence-corrected chi connectivity index (χ2v) is 4.92. The molecule has 1 saturated heterocycles. The first kappa shape index (κ1) is 14.7. The van der Waals surface area contributed by atoms with Gasteiger partial charge in [-0.25, -0.2) is 0 Å². The summed E-state index contributed by atoms with van der Waals surface area (Å²) < 4.78 is 28.3. The molecule has 6 heteroatoms. The molecule has 0 saturated carbocycles. The molecular formula is C14H18F2N2O2. The summed E-state index contributed by atoms with van der Waals surface area (Å²) in [5.74, 6) is 0.276. The minimum absolute atomic E-state index is 0.0459. The average Bonchev–Trinajstić information content (AvgIpc) is 2.92. The van der Waals surface area contributed by atoms with Crippen LogP contribution >= 0.6 is 0 Å². The number of ether oxygens (including phenoxy) is 1. The number of carbonyl (C=O) groups excluding carboxylic acids is 1. The fourth-order valence-corrected chi connectivity index (χ4v) is 2.30. The van der Waals surface area contributed by atoms with Gasteiger partial charge in [0.1, 0.15) is 5.75 Å². The molecule has 4 nitrogen and oxygen atoms in total. The van der Waals surface area contributed by atoms with Gasteiger partial charge in [-0.2, -0.15) is 8.78 Å². The highest BCUT2D eigenvalue weighted by molar-refractivity contribution is 5.94. The van der Waals surface area contributed by atoms with Crippen molar-refractivity contribution < 1.29 is 18.3 Å². The maximum atomic E-state index is 12.0. The van der Waals surface area contributed by atoms with Crippen molar-refractivity contribution in [3.05, 3.63) is 29.8 Å². The number of rotatable bonds is 5. The summed E-state index contributed by atoms with van der Waals surface area (Å²) in [6.45, 7) is 1.00. The summed E-state index contributed by atoms with van der Waals surface area (Å²) in [7, 11) is 0. The van der Waals surface area contributed by atoms with Gasteiger partial charge in [0.05, 0.1) is 0 Å². The van der Waals surface area contributed by atoms with Gasteiger partial charge >= 0.3 is 6.61 Å². The van der Waals surface area contributed by atoms with Gasteiger partial charge < -0.3 is 15.4 Å². The number of alkyl halides is 2. The van der Waals surface area contributed by atoms with E-state index >= 15 is 0 Å². The largest absolute Gasteiger partial charge is 0.435 e. The maximum Gasteiger partial charge on any atom is 0.387 e. The first-order chi connectivity index (χ1) is 9.56. The van der Waals surface area contributed by atoms with Gasteiger partial charge in [0, 0.05) is 11.6 Å². The maximum absolute atomic E-state index is 12.0. The highest BCUT2D eigenvalue weighted by Gasteiger charge is 2.22. The summed E-state index contributed by atoms with van der Waals surface area (Å²) in [5, 5.41) is 6.18. The van der Waals surface area contributed by atoms with E-state index in [-0.39, 0.29) is 17.7 Å². The molecule has 2 atom stereocenters. The minimum Gasteiger partial charge on any atom is -0.435 e. The lowest BCUT2D eigenvalue weighted by atomic mass is 10.0. The molecule has 1 heterocycles. The second-order valence-electron chi connectivity index (χ2n) is 4.92. The third-order valence-corrected chi connectivity index (χ3v) is 3.51. The van der Waals surface area contributed by atoms with E-state index in [0.29, 0.717) is 11.5 Å². The van der Waals surface area contributed by atoms with Gasteiger partial charge in [-0.15, -0.1) is 0 Å². The van der Waals surface area contributed by atoms with Gasteiger partial charge in [0.25, 0.3) is 5.91 Å². The van der Waals surface area contributed by atoms with E-state index in [9.17, 15) is 13.6 Å². The Balaban J connectivity index is 1.91. The number of hydrogen-bond acceptors (Lipinski definition) is 3. The number of carbonyl (C=O) groups is 1. The predicted molar refractivity (Wildman–Crippen MR) is 71.0 cm³/mol. The van der Waals surface area contributed by atoms with Crippen LogP contribution in [-0.4, -0.2) is 31.7 Å². The van der Waals surface area contributed by atoms with E-state index in [2.05, 4.69) is 15.4 Å². The highest BCUT2D eigenvalue weighted by atomic mass is 19.3. The van der Waals surface area contributed by atoms with Crippen LogP contribution < -0.4 is 15.4 Å². The topological polar surface area (TPSA) is 50.4 Å². The molecule has 1 amide bonds. The minimum atomic E-state index is -2.86. The average molecular weight is 284 g/mol. The Morgan fingerprint density at radius 2 is 2.10 bits per heavy atom. The first-order valence-electron chi connectivity index (χ1n) is 6.62. The molecule has 0 aromatic heterocycles. The van der Waals surface area contributed by atoms with Crippen LogP contribution in [0.15, 0.2) is 24.3 Å². The van der Waals surface area contributed by atoms with Crippen molar-refractivity contribution >= 4 is 5.91 Å². The van der Waals surface area contributed by atoms with Gasteiger partial charge in [-0.3, -0.25) is 4.79 Å². The molecule has 2 N–H and O–H groups in total. The molecular weight excluding hydrogens is 266 g/mol. The zero-order valence-electron chi connectivity index (χ0n) is 11.2. The van der Waals surface area contributed by atoms with Crippen molar-refractivity contribution in [3.63, 3.8) is 0 Å². The summed E-state index contributed by atoms with van der Waals surface area (Å²) in [5.41, 5.74) is 0.435. The molecule has 1 aromatic carbocycles. The Morgan fingerprint density at radius 3 is 2.65 bits per heavy atom. The monoisotopic (exact) mass is 284 g/mol. The molecule has 1 aliphatic heterocycles. The highest BCUT2D eigenvalue weighted by Crippen LogP contribution is 2.16. The lowest BCUT2D eigenvalue weighted by molar-refractivity contribution is -0.0498. The van der Waals surface area contributed by atoms with Crippen molar-refractivity contribution in [2.45, 2.75) is 26.0 Å². The predicted octanol–water partition coefficient (Wildman–Crippen LogP) is 2.02. The van der Waals surface area contributed by atoms with Crippen LogP contribution in [0.2, 0.25) is 0 Å². The van der Waals surface area contributed by atoms with Crippen LogP contribution in [0.25, 0.3) is 0 Å². The fourth-order valence-electron chi connectivity index (χ4n) is 2.30. The van der Waals surface area contributed by atoms with Gasteiger partial charge in [-0.05, 0) is 56.6 Å². The molecule has 110 valence electrons. The van der Waals surface area contributed by atoms with Crippen LogP contribution in [0.3, 0.4) is 0 Å². The summed E-state index contributed by atoms with van der Waals surface area (Å²) >= 11 is 0. The van der Waals surface area contributed by atoms with Crippen molar-refractivity contribution in [2.75, 3.05) is 13.1 Å². The van der Waals surface area contributed by atoms with Crippen molar-refractivity contribution in [1.29, 1.82) is 0 Å². The van der Waals surface area contributed by atoms with Crippen LogP contribution in [-0.2, 0) is 0 Å². The lowest BCUT2D eigenvalue weighted by Gasteiger charge is -2.19. The van der Waals surface area contributed by atoms with Gasteiger partial charge in [0.2, 0.25) is 0 Å². The zero-order valence-corrected chi connectivity index (χ0v) is 11.2. The quantitative estimate of drug-likeness (QED) is 0.869. The Morgan fingerprint density at radius 1 is 1.40 bits per heavy atom. The zero-order chi connectivity index (χ0) is 14.5. The van der Waals surface area contributed by atoms with Gasteiger partial charge in [-0.1, -0.05) is 0 Å². The van der Waals surface area contributed by atoms with E-state index in [1.165, 1.54) is 24.3 Å². The Bertz CT molecular complexity index is 445. The second kappa shape index (κ2) is 6.65. The van der Waals surface area contributed by atoms with E-state index < -0.39 is 6.61 Å². The fraction of sp³-hybridized carbons (Fsp3) is 0.500. The van der Waals surface area contributed by atoms with E-state index in [1.807, 2.05) is 6.92 Å². The number of benzene rings is 1. The van der Waals surface area contributed by atoms with E-state index in [0.717, 1.165) is 19.5 Å². The normalized spacial score (nSPS) is 19.9. The smallest absolute Gasteiger partial charge is 0.387 e. The van der Waals surface area contributed by atoms with Crippen LogP contribution in [0.5, 0.6) is 5.75 Å². The molecule has 1 aliphatic rings. The van der Waals surface area contributed by atoms with Crippen LogP contribution in [0, 0.1) is 5.92 Å². The third-order valence-electron chi connectivity index (χ3n) is 3.51. The van der Waals surface area contributed by atoms with Crippen molar-refractivity contribution in [3.8, 4) is 5.75 Å². The summed E-state index contributed by atoms with van der Waals surface area (Å²) in [4.78, 5) is 12.0. The molecule has 0 radical (unpaired) electrons. The molecule has 1 fully saturated rings. The van der Waals surface area contributed by atoms with Gasteiger partial charge in [0.15, 0.2) is 0 Å². The van der Waals surface area contributed by atoms with Crippen LogP contribution in [0.1, 0.15) is 23.7 Å². The van der Waals surface area contributed by atoms with Crippen LogP contribution in [0.4, 0.5) is 8.78 Å². The third kappa shape index (κ3) is 3.90. The SMILES string of the molecule is CC(NC(=O)c1ccc(OC(F)F)cc1)C1CCNC1. The standard InChI is InChI=1S/C14H18F2N2O2/c1-9(11-6-7-17-8-11)18-13(19)10-2-4-12(5-3-10)20-14(15)16/h2-5,9,11,14,17H,6-8H2,1H3,(H,18,19). The molecule has 2 unspecified atom stereocenters. The number of hydrogen-bond donors (Lipinski definition) is 2. The lowest BCUT2D eigenvalue weighted by Crippen LogP contribution is -2.38. The van der Waals surface area contributed by atoms with E-state index in [1.54, 1.807) is 0 Å². The van der Waals surface area contributed by atoms with Crippen molar-refractivity contribution in [1.82, 2.24) is 10.6 Å². The Labute approximate surface area is 116 Å². The van der Waals surface area contributed by atoms with E-state index in [4.69, 9.17) is 0 Å². The molecule has 1 aromatic rings. The molecule has 2 rings (SSSR count). The first-order valence-corrected chi connectivity index (χ1v) is 6.62. The Hall–Kier alpha value is -1.69. The Kier molecular flexibility index (Phi) is 4.89. The summed E-state index contributed by atoms with van der Waals surface area (Å²) in [6, 6.07) is 5.76. The number of halogens is 2. The number of nitrogens with one attached hydrogen (secondary N) is 2. The summed E-state index contributed by atoms with van der Waals surface area (Å²) in [6.07, 6.45) is 1.04. The van der Waals surface area contributed by atoms with Crippen molar-refractivity contribution in [2.24, 2.45) is 5.92 Å². The molecule has 0 spiro atoms. The molecule has 0 bridgehead atoms. The molecule has 0 aliphatic carbocycles.